The normalized spacial score (nSPS) is 10.5. The van der Waals surface area contributed by atoms with Gasteiger partial charge in [0, 0.05) is 54.7 Å². The first-order valence-corrected chi connectivity index (χ1v) is 9.44. The number of hydrogen-bond donors (Lipinski definition) is 2. The average Bonchev–Trinajstić information content (AvgIpc) is 3.47. The van der Waals surface area contributed by atoms with Gasteiger partial charge in [-0.25, -0.2) is 9.67 Å². The molecule has 0 saturated carbocycles. The molecule has 0 aliphatic rings. The van der Waals surface area contributed by atoms with Gasteiger partial charge in [0.2, 0.25) is 5.91 Å². The summed E-state index contributed by atoms with van der Waals surface area (Å²) in [5, 5.41) is 9.90. The van der Waals surface area contributed by atoms with E-state index < -0.39 is 0 Å². The van der Waals surface area contributed by atoms with Crippen LogP contribution in [0.5, 0.6) is 0 Å². The van der Waals surface area contributed by atoms with Gasteiger partial charge in [-0.2, -0.15) is 5.10 Å². The zero-order chi connectivity index (χ0) is 20.8. The third kappa shape index (κ3) is 4.79. The Morgan fingerprint density at radius 2 is 1.73 bits per heavy atom. The van der Waals surface area contributed by atoms with Crippen molar-refractivity contribution in [1.29, 1.82) is 0 Å². The standard InChI is InChI=1S/C22H20N6O2/c29-21(8-12-27-13-10-23-16-27)25-18-5-1-4-17(14-18)22(30)26-19-6-2-7-20(15-19)28-11-3-9-24-28/h1-7,9-11,13-16H,8,12H2,(H,25,29)(H,26,30). The molecule has 0 radical (unpaired) electrons. The second kappa shape index (κ2) is 8.87. The molecule has 2 aromatic carbocycles. The van der Waals surface area contributed by atoms with Crippen LogP contribution in [0.4, 0.5) is 11.4 Å². The highest BCUT2D eigenvalue weighted by Gasteiger charge is 2.09. The maximum absolute atomic E-state index is 12.7. The lowest BCUT2D eigenvalue weighted by molar-refractivity contribution is -0.116. The van der Waals surface area contributed by atoms with Gasteiger partial charge in [-0.15, -0.1) is 0 Å². The number of hydrogen-bond acceptors (Lipinski definition) is 4. The van der Waals surface area contributed by atoms with Gasteiger partial charge in [0.25, 0.3) is 5.91 Å². The average molecular weight is 400 g/mol. The molecule has 4 rings (SSSR count). The minimum Gasteiger partial charge on any atom is -0.337 e. The number of rotatable bonds is 7. The molecule has 0 saturated heterocycles. The third-order valence-electron chi connectivity index (χ3n) is 4.44. The molecule has 2 heterocycles. The summed E-state index contributed by atoms with van der Waals surface area (Å²) >= 11 is 0. The van der Waals surface area contributed by atoms with E-state index >= 15 is 0 Å². The summed E-state index contributed by atoms with van der Waals surface area (Å²) < 4.78 is 3.55. The minimum absolute atomic E-state index is 0.131. The van der Waals surface area contributed by atoms with Gasteiger partial charge in [0.05, 0.1) is 12.0 Å². The first-order valence-electron chi connectivity index (χ1n) is 9.44. The highest BCUT2D eigenvalue weighted by Crippen LogP contribution is 2.17. The monoisotopic (exact) mass is 400 g/mol. The summed E-state index contributed by atoms with van der Waals surface area (Å²) in [6, 6.07) is 16.1. The number of aromatic nitrogens is 4. The molecule has 0 unspecified atom stereocenters. The molecule has 8 nitrogen and oxygen atoms in total. The molecule has 150 valence electrons. The molecule has 4 aromatic rings. The van der Waals surface area contributed by atoms with Crippen LogP contribution in [-0.2, 0) is 11.3 Å². The van der Waals surface area contributed by atoms with Crippen LogP contribution in [0.1, 0.15) is 16.8 Å². The zero-order valence-corrected chi connectivity index (χ0v) is 16.1. The summed E-state index contributed by atoms with van der Waals surface area (Å²) in [6.07, 6.45) is 8.98. The number of carbonyl (C=O) groups excluding carboxylic acids is 2. The van der Waals surface area contributed by atoms with Crippen molar-refractivity contribution < 1.29 is 9.59 Å². The van der Waals surface area contributed by atoms with Crippen LogP contribution < -0.4 is 10.6 Å². The molecule has 2 N–H and O–H groups in total. The number of nitrogens with one attached hydrogen (secondary N) is 2. The van der Waals surface area contributed by atoms with E-state index in [0.717, 1.165) is 5.69 Å². The van der Waals surface area contributed by atoms with Gasteiger partial charge in [0.15, 0.2) is 0 Å². The van der Waals surface area contributed by atoms with Crippen molar-refractivity contribution in [3.05, 3.63) is 91.3 Å². The van der Waals surface area contributed by atoms with E-state index in [2.05, 4.69) is 20.7 Å². The molecule has 0 aliphatic heterocycles. The fourth-order valence-electron chi connectivity index (χ4n) is 2.96. The smallest absolute Gasteiger partial charge is 0.255 e. The van der Waals surface area contributed by atoms with Crippen molar-refractivity contribution in [3.8, 4) is 5.69 Å². The van der Waals surface area contributed by atoms with Crippen molar-refractivity contribution >= 4 is 23.2 Å². The van der Waals surface area contributed by atoms with Crippen LogP contribution in [0.25, 0.3) is 5.69 Å². The molecule has 2 aromatic heterocycles. The quantitative estimate of drug-likeness (QED) is 0.497. The van der Waals surface area contributed by atoms with Crippen LogP contribution in [0, 0.1) is 0 Å². The lowest BCUT2D eigenvalue weighted by Crippen LogP contribution is -2.16. The highest BCUT2D eigenvalue weighted by atomic mass is 16.2. The molecule has 0 aliphatic carbocycles. The Hall–Kier alpha value is -4.20. The van der Waals surface area contributed by atoms with E-state index in [1.54, 1.807) is 53.9 Å². The fourth-order valence-corrected chi connectivity index (χ4v) is 2.96. The van der Waals surface area contributed by atoms with Gasteiger partial charge in [-0.05, 0) is 42.5 Å². The summed E-state index contributed by atoms with van der Waals surface area (Å²) in [5.41, 5.74) is 2.52. The van der Waals surface area contributed by atoms with Crippen LogP contribution >= 0.6 is 0 Å². The number of nitrogens with zero attached hydrogens (tertiary/aromatic N) is 4. The number of aryl methyl sites for hydroxylation is 1. The number of benzene rings is 2. The second-order valence-corrected chi connectivity index (χ2v) is 6.63. The van der Waals surface area contributed by atoms with Crippen molar-refractivity contribution in [2.24, 2.45) is 0 Å². The molecule has 2 amide bonds. The Bertz CT molecular complexity index is 1140. The van der Waals surface area contributed by atoms with E-state index in [0.29, 0.717) is 29.9 Å². The van der Waals surface area contributed by atoms with Crippen molar-refractivity contribution in [3.63, 3.8) is 0 Å². The fraction of sp³-hybridized carbons (Fsp3) is 0.0909. The van der Waals surface area contributed by atoms with Crippen molar-refractivity contribution in [2.45, 2.75) is 13.0 Å². The third-order valence-corrected chi connectivity index (χ3v) is 4.44. The maximum atomic E-state index is 12.7. The number of amides is 2. The van der Waals surface area contributed by atoms with Gasteiger partial charge >= 0.3 is 0 Å². The summed E-state index contributed by atoms with van der Waals surface area (Å²) in [4.78, 5) is 28.8. The van der Waals surface area contributed by atoms with E-state index in [1.165, 1.54) is 0 Å². The predicted octanol–water partition coefficient (Wildman–Crippen LogP) is 3.35. The Balaban J connectivity index is 1.39. The number of anilines is 2. The Kier molecular flexibility index (Phi) is 5.66. The van der Waals surface area contributed by atoms with Gasteiger partial charge < -0.3 is 15.2 Å². The first-order chi connectivity index (χ1) is 14.7. The van der Waals surface area contributed by atoms with Crippen LogP contribution in [0.15, 0.2) is 85.7 Å². The zero-order valence-electron chi connectivity index (χ0n) is 16.1. The van der Waals surface area contributed by atoms with Gasteiger partial charge in [-0.1, -0.05) is 12.1 Å². The highest BCUT2D eigenvalue weighted by molar-refractivity contribution is 6.05. The summed E-state index contributed by atoms with van der Waals surface area (Å²) in [5.74, 6) is -0.393. The van der Waals surface area contributed by atoms with E-state index in [-0.39, 0.29) is 11.8 Å². The summed E-state index contributed by atoms with van der Waals surface area (Å²) in [6.45, 7) is 0.540. The number of carbonyl (C=O) groups is 2. The first kappa shape index (κ1) is 19.1. The maximum Gasteiger partial charge on any atom is 0.255 e. The van der Waals surface area contributed by atoms with E-state index in [9.17, 15) is 9.59 Å². The van der Waals surface area contributed by atoms with Gasteiger partial charge in [-0.3, -0.25) is 9.59 Å². The van der Waals surface area contributed by atoms with Crippen LogP contribution in [0.2, 0.25) is 0 Å². The molecular weight excluding hydrogens is 380 g/mol. The predicted molar refractivity (Wildman–Crippen MR) is 113 cm³/mol. The molecule has 8 heteroatoms. The Morgan fingerprint density at radius 1 is 0.900 bits per heavy atom. The molecule has 0 fully saturated rings. The second-order valence-electron chi connectivity index (χ2n) is 6.63. The molecular formula is C22H20N6O2. The molecule has 0 bridgehead atoms. The lowest BCUT2D eigenvalue weighted by Gasteiger charge is -2.10. The van der Waals surface area contributed by atoms with E-state index in [4.69, 9.17) is 0 Å². The lowest BCUT2D eigenvalue weighted by atomic mass is 10.1. The molecule has 0 atom stereocenters. The molecule has 30 heavy (non-hydrogen) atoms. The van der Waals surface area contributed by atoms with Crippen molar-refractivity contribution in [1.82, 2.24) is 19.3 Å². The van der Waals surface area contributed by atoms with Gasteiger partial charge in [0.1, 0.15) is 0 Å². The SMILES string of the molecule is O=C(CCn1ccnc1)Nc1cccc(C(=O)Nc2cccc(-n3cccn3)c2)c1. The van der Waals surface area contributed by atoms with Crippen LogP contribution in [0.3, 0.4) is 0 Å². The Labute approximate surface area is 173 Å². The Morgan fingerprint density at radius 3 is 2.50 bits per heavy atom. The van der Waals surface area contributed by atoms with Crippen molar-refractivity contribution in [2.75, 3.05) is 10.6 Å². The van der Waals surface area contributed by atoms with Crippen LogP contribution in [-0.4, -0.2) is 31.1 Å². The van der Waals surface area contributed by atoms with E-state index in [1.807, 2.05) is 41.1 Å². The molecule has 0 spiro atoms. The topological polar surface area (TPSA) is 93.8 Å². The summed E-state index contributed by atoms with van der Waals surface area (Å²) in [7, 11) is 0. The largest absolute Gasteiger partial charge is 0.337 e. The number of imidazole rings is 1. The minimum atomic E-state index is -0.262.